The second kappa shape index (κ2) is 7.70. The van der Waals surface area contributed by atoms with E-state index in [2.05, 4.69) is 26.0 Å². The van der Waals surface area contributed by atoms with Gasteiger partial charge in [-0.05, 0) is 54.8 Å². The molecule has 6 heteroatoms. The van der Waals surface area contributed by atoms with Crippen LogP contribution in [0.25, 0.3) is 0 Å². The van der Waals surface area contributed by atoms with Crippen LogP contribution in [-0.4, -0.2) is 14.5 Å². The van der Waals surface area contributed by atoms with Crippen molar-refractivity contribution < 1.29 is 8.42 Å². The van der Waals surface area contributed by atoms with E-state index in [1.807, 2.05) is 67.6 Å². The average Bonchev–Trinajstić information content (AvgIpc) is 2.68. The van der Waals surface area contributed by atoms with Gasteiger partial charge >= 0.3 is 0 Å². The summed E-state index contributed by atoms with van der Waals surface area (Å²) in [6.45, 7) is 1.94. The van der Waals surface area contributed by atoms with Gasteiger partial charge in [-0.3, -0.25) is 0 Å². The molecule has 0 bridgehead atoms. The zero-order valence-corrected chi connectivity index (χ0v) is 17.8. The fraction of sp³-hybridized carbons (Fsp3) is 0.182. The Hall–Kier alpha value is -2.15. The number of benzene rings is 3. The minimum atomic E-state index is -3.63. The molecule has 0 saturated carbocycles. The van der Waals surface area contributed by atoms with Crippen LogP contribution in [-0.2, 0) is 16.4 Å². The average molecular weight is 457 g/mol. The lowest BCUT2D eigenvalue weighted by Gasteiger charge is -2.35. The first-order valence-electron chi connectivity index (χ1n) is 9.11. The maximum atomic E-state index is 13.0. The van der Waals surface area contributed by atoms with Crippen molar-refractivity contribution in [3.05, 3.63) is 94.0 Å². The Morgan fingerprint density at radius 3 is 2.36 bits per heavy atom. The minimum absolute atomic E-state index is 0.164. The van der Waals surface area contributed by atoms with Crippen molar-refractivity contribution in [2.45, 2.75) is 30.3 Å². The van der Waals surface area contributed by atoms with E-state index in [0.29, 0.717) is 6.42 Å². The number of halogens is 1. The van der Waals surface area contributed by atoms with Gasteiger partial charge in [0, 0.05) is 10.2 Å². The van der Waals surface area contributed by atoms with Crippen LogP contribution >= 0.6 is 15.9 Å². The molecule has 2 N–H and O–H groups in total. The number of anilines is 1. The zero-order valence-electron chi connectivity index (χ0n) is 15.4. The quantitative estimate of drug-likeness (QED) is 0.591. The Morgan fingerprint density at radius 2 is 1.64 bits per heavy atom. The molecule has 3 aromatic rings. The summed E-state index contributed by atoms with van der Waals surface area (Å²) in [6, 6.07) is 22.5. The van der Waals surface area contributed by atoms with Gasteiger partial charge in [0.1, 0.15) is 0 Å². The second-order valence-corrected chi connectivity index (χ2v) is 9.71. The van der Waals surface area contributed by atoms with Crippen molar-refractivity contribution in [2.75, 3.05) is 5.32 Å². The number of aryl methyl sites for hydroxylation is 1. The van der Waals surface area contributed by atoms with E-state index in [-0.39, 0.29) is 17.0 Å². The third kappa shape index (κ3) is 3.99. The molecule has 4 rings (SSSR count). The van der Waals surface area contributed by atoms with Crippen LogP contribution in [0.5, 0.6) is 0 Å². The van der Waals surface area contributed by atoms with Gasteiger partial charge in [0.25, 0.3) is 0 Å². The van der Waals surface area contributed by atoms with Gasteiger partial charge in [0.2, 0.25) is 10.0 Å². The normalized spacial score (nSPS) is 18.9. The molecule has 0 aromatic heterocycles. The van der Waals surface area contributed by atoms with Crippen molar-refractivity contribution in [2.24, 2.45) is 0 Å². The van der Waals surface area contributed by atoms with Crippen molar-refractivity contribution in [1.82, 2.24) is 4.72 Å². The molecule has 0 saturated heterocycles. The summed E-state index contributed by atoms with van der Waals surface area (Å²) < 4.78 is 29.9. The van der Waals surface area contributed by atoms with Gasteiger partial charge in [-0.1, -0.05) is 64.0 Å². The monoisotopic (exact) mass is 456 g/mol. The molecular weight excluding hydrogens is 436 g/mol. The SMILES string of the molecule is Cc1ccc(S(=O)(=O)N[C@@H]2Cc3ccccc3N[C@@H]2c2ccc(Br)cc2)cc1. The Bertz CT molecular complexity index is 1080. The molecule has 0 amide bonds. The molecule has 1 aliphatic heterocycles. The van der Waals surface area contributed by atoms with Crippen LogP contribution in [0, 0.1) is 6.92 Å². The minimum Gasteiger partial charge on any atom is -0.376 e. The predicted molar refractivity (Wildman–Crippen MR) is 116 cm³/mol. The first-order valence-corrected chi connectivity index (χ1v) is 11.4. The van der Waals surface area contributed by atoms with Crippen LogP contribution in [0.2, 0.25) is 0 Å². The lowest BCUT2D eigenvalue weighted by atomic mass is 9.89. The van der Waals surface area contributed by atoms with Gasteiger partial charge in [0.05, 0.1) is 17.0 Å². The standard InChI is InChI=1S/C22H21BrN2O2S/c1-15-6-12-19(13-7-15)28(26,27)25-21-14-17-4-2-3-5-20(17)24-22(21)16-8-10-18(23)11-9-16/h2-13,21-22,24-25H,14H2,1H3/t21-,22-/m1/s1. The first-order chi connectivity index (χ1) is 13.4. The molecule has 0 aliphatic carbocycles. The molecule has 1 heterocycles. The molecular formula is C22H21BrN2O2S. The number of hydrogen-bond donors (Lipinski definition) is 2. The topological polar surface area (TPSA) is 58.2 Å². The fourth-order valence-electron chi connectivity index (χ4n) is 3.54. The van der Waals surface area contributed by atoms with E-state index in [9.17, 15) is 8.42 Å². The van der Waals surface area contributed by atoms with Gasteiger partial charge in [0.15, 0.2) is 0 Å². The Balaban J connectivity index is 1.69. The molecule has 0 unspecified atom stereocenters. The van der Waals surface area contributed by atoms with E-state index >= 15 is 0 Å². The molecule has 2 atom stereocenters. The Kier molecular flexibility index (Phi) is 5.27. The van der Waals surface area contributed by atoms with Gasteiger partial charge in [-0.2, -0.15) is 0 Å². The van der Waals surface area contributed by atoms with Gasteiger partial charge < -0.3 is 5.32 Å². The first kappa shape index (κ1) is 19.2. The fourth-order valence-corrected chi connectivity index (χ4v) is 5.06. The maximum absolute atomic E-state index is 13.0. The van der Waals surface area contributed by atoms with Gasteiger partial charge in [-0.25, -0.2) is 13.1 Å². The Labute approximate surface area is 174 Å². The number of para-hydroxylation sites is 1. The van der Waals surface area contributed by atoms with E-state index in [4.69, 9.17) is 0 Å². The molecule has 3 aromatic carbocycles. The summed E-state index contributed by atoms with van der Waals surface area (Å²) in [5.41, 5.74) is 4.21. The smallest absolute Gasteiger partial charge is 0.240 e. The summed E-state index contributed by atoms with van der Waals surface area (Å²) in [4.78, 5) is 0.284. The summed E-state index contributed by atoms with van der Waals surface area (Å²) >= 11 is 3.46. The number of fused-ring (bicyclic) bond motifs is 1. The number of rotatable bonds is 4. The van der Waals surface area contributed by atoms with Crippen molar-refractivity contribution >= 4 is 31.6 Å². The third-order valence-corrected chi connectivity index (χ3v) is 7.07. The van der Waals surface area contributed by atoms with E-state index in [0.717, 1.165) is 26.9 Å². The van der Waals surface area contributed by atoms with Crippen LogP contribution in [0.15, 0.2) is 82.2 Å². The van der Waals surface area contributed by atoms with Crippen molar-refractivity contribution in [3.8, 4) is 0 Å². The van der Waals surface area contributed by atoms with Crippen LogP contribution in [0.1, 0.15) is 22.7 Å². The van der Waals surface area contributed by atoms with Crippen LogP contribution in [0.4, 0.5) is 5.69 Å². The van der Waals surface area contributed by atoms with Crippen LogP contribution < -0.4 is 10.0 Å². The summed E-state index contributed by atoms with van der Waals surface area (Å²) in [7, 11) is -3.63. The zero-order chi connectivity index (χ0) is 19.7. The summed E-state index contributed by atoms with van der Waals surface area (Å²) in [5, 5.41) is 3.52. The second-order valence-electron chi connectivity index (χ2n) is 7.08. The van der Waals surface area contributed by atoms with E-state index in [1.165, 1.54) is 0 Å². The number of nitrogens with one attached hydrogen (secondary N) is 2. The number of hydrogen-bond acceptors (Lipinski definition) is 3. The Morgan fingerprint density at radius 1 is 0.964 bits per heavy atom. The molecule has 4 nitrogen and oxygen atoms in total. The third-order valence-electron chi connectivity index (χ3n) is 5.04. The lowest BCUT2D eigenvalue weighted by Crippen LogP contribution is -2.45. The highest BCUT2D eigenvalue weighted by atomic mass is 79.9. The largest absolute Gasteiger partial charge is 0.376 e. The molecule has 0 spiro atoms. The van der Waals surface area contributed by atoms with E-state index < -0.39 is 10.0 Å². The molecule has 144 valence electrons. The lowest BCUT2D eigenvalue weighted by molar-refractivity contribution is 0.493. The highest BCUT2D eigenvalue weighted by Crippen LogP contribution is 2.34. The van der Waals surface area contributed by atoms with E-state index in [1.54, 1.807) is 12.1 Å². The molecule has 1 aliphatic rings. The summed E-state index contributed by atoms with van der Waals surface area (Å²) in [5.74, 6) is 0. The highest BCUT2D eigenvalue weighted by molar-refractivity contribution is 9.10. The predicted octanol–water partition coefficient (Wildman–Crippen LogP) is 4.81. The van der Waals surface area contributed by atoms with Crippen LogP contribution in [0.3, 0.4) is 0 Å². The number of sulfonamides is 1. The van der Waals surface area contributed by atoms with Crippen molar-refractivity contribution in [1.29, 1.82) is 0 Å². The molecule has 28 heavy (non-hydrogen) atoms. The molecule has 0 radical (unpaired) electrons. The summed E-state index contributed by atoms with van der Waals surface area (Å²) in [6.07, 6.45) is 0.620. The maximum Gasteiger partial charge on any atom is 0.240 e. The van der Waals surface area contributed by atoms with Crippen molar-refractivity contribution in [3.63, 3.8) is 0 Å². The highest BCUT2D eigenvalue weighted by Gasteiger charge is 2.32. The molecule has 0 fully saturated rings. The van der Waals surface area contributed by atoms with Gasteiger partial charge in [-0.15, -0.1) is 0 Å².